The molecule has 0 aromatic carbocycles. The van der Waals surface area contributed by atoms with E-state index in [-0.39, 0.29) is 11.6 Å². The fraction of sp³-hybridized carbons (Fsp3) is 0.444. The molecule has 0 aliphatic carbocycles. The minimum atomic E-state index is -3.00. The zero-order valence-corrected chi connectivity index (χ0v) is 27.3. The summed E-state index contributed by atoms with van der Waals surface area (Å²) in [7, 11) is 0. The quantitative estimate of drug-likeness (QED) is 0.124. The Morgan fingerprint density at radius 3 is 2.24 bits per heavy atom. The molecule has 41 heavy (non-hydrogen) atoms. The van der Waals surface area contributed by atoms with Crippen LogP contribution in [0.3, 0.4) is 0 Å². The molecule has 1 unspecified atom stereocenters. The van der Waals surface area contributed by atoms with Crippen LogP contribution in [-0.4, -0.2) is 24.7 Å². The third-order valence-corrected chi connectivity index (χ3v) is 5.33. The lowest BCUT2D eigenvalue weighted by Gasteiger charge is -2.19. The molecule has 5 heteroatoms. The van der Waals surface area contributed by atoms with Crippen LogP contribution in [0.1, 0.15) is 82.1 Å². The third kappa shape index (κ3) is 19.2. The van der Waals surface area contributed by atoms with E-state index in [0.717, 1.165) is 43.2 Å². The monoisotopic (exact) mass is 567 g/mol. The molecule has 1 atom stereocenters. The lowest BCUT2D eigenvalue weighted by Crippen LogP contribution is -2.21. The number of aliphatic imine (C=N–C) groups is 1. The summed E-state index contributed by atoms with van der Waals surface area (Å²) >= 11 is 0. The van der Waals surface area contributed by atoms with Gasteiger partial charge in [0.05, 0.1) is 0 Å². The minimum absolute atomic E-state index is 0.106. The average molecular weight is 568 g/mol. The molecule has 228 valence electrons. The Bertz CT molecular complexity index is 1060. The van der Waals surface area contributed by atoms with E-state index >= 15 is 0 Å². The Morgan fingerprint density at radius 2 is 1.76 bits per heavy atom. The number of hydrogen-bond donors (Lipinski definition) is 2. The van der Waals surface area contributed by atoms with Gasteiger partial charge >= 0.3 is 0 Å². The number of terminal acetylenes is 1. The van der Waals surface area contributed by atoms with Gasteiger partial charge in [-0.2, -0.15) is 8.78 Å². The van der Waals surface area contributed by atoms with Gasteiger partial charge in [-0.15, -0.1) is 18.1 Å². The molecule has 0 saturated carbocycles. The second-order valence-electron chi connectivity index (χ2n) is 8.53. The molecule has 1 heterocycles. The number of hydrogen-bond acceptors (Lipinski definition) is 3. The van der Waals surface area contributed by atoms with Crippen molar-refractivity contribution in [3.05, 3.63) is 102 Å². The molecule has 0 amide bonds. The predicted molar refractivity (Wildman–Crippen MR) is 180 cm³/mol. The number of nitrogens with zero attached hydrogens (tertiary/aromatic N) is 1. The van der Waals surface area contributed by atoms with E-state index in [9.17, 15) is 8.78 Å². The van der Waals surface area contributed by atoms with Crippen molar-refractivity contribution in [1.82, 2.24) is 10.6 Å². The first-order valence-electron chi connectivity index (χ1n) is 14.5. The second kappa shape index (κ2) is 25.4. The molecule has 1 aliphatic heterocycles. The molecule has 0 aromatic rings. The largest absolute Gasteiger partial charge is 0.384 e. The molecule has 0 spiro atoms. The van der Waals surface area contributed by atoms with Crippen molar-refractivity contribution < 1.29 is 8.78 Å². The van der Waals surface area contributed by atoms with Gasteiger partial charge < -0.3 is 10.6 Å². The lowest BCUT2D eigenvalue weighted by atomic mass is 9.96. The molecule has 1 rings (SSSR count). The number of halogens is 2. The fourth-order valence-electron chi connectivity index (χ4n) is 3.19. The highest BCUT2D eigenvalue weighted by Gasteiger charge is 2.27. The molecule has 2 N–H and O–H groups in total. The summed E-state index contributed by atoms with van der Waals surface area (Å²) in [5.41, 5.74) is 7.98. The Kier molecular flexibility index (Phi) is 25.9. The fourth-order valence-corrected chi connectivity index (χ4v) is 3.19. The van der Waals surface area contributed by atoms with Crippen LogP contribution in [-0.2, 0) is 0 Å². The van der Waals surface area contributed by atoms with Crippen LogP contribution in [0.15, 0.2) is 107 Å². The molecule has 0 bridgehead atoms. The van der Waals surface area contributed by atoms with Crippen LogP contribution in [0.2, 0.25) is 0 Å². The first-order chi connectivity index (χ1) is 19.4. The van der Waals surface area contributed by atoms with Crippen LogP contribution in [0.4, 0.5) is 8.78 Å². The summed E-state index contributed by atoms with van der Waals surface area (Å²) in [6, 6.07) is 0. The van der Waals surface area contributed by atoms with Gasteiger partial charge in [0.25, 0.3) is 5.92 Å². The molecular weight excluding hydrogens is 512 g/mol. The highest BCUT2D eigenvalue weighted by molar-refractivity contribution is 6.00. The topological polar surface area (TPSA) is 36.4 Å². The normalized spacial score (nSPS) is 13.3. The van der Waals surface area contributed by atoms with Crippen molar-refractivity contribution in [1.29, 1.82) is 0 Å². The predicted octanol–water partition coefficient (Wildman–Crippen LogP) is 10.0. The van der Waals surface area contributed by atoms with Gasteiger partial charge in [0.1, 0.15) is 5.71 Å². The van der Waals surface area contributed by atoms with Crippen molar-refractivity contribution in [2.24, 2.45) is 10.9 Å². The SMILES string of the molecule is C#CC.C=C(NCC1=C=CC(C(C)(F)F)=NC=C1)C(=C)/C(=C/C(C)C(=C)NCC(/C=C\C)=C/CC)CC.CC.CC. The maximum Gasteiger partial charge on any atom is 0.287 e. The van der Waals surface area contributed by atoms with Gasteiger partial charge in [-0.05, 0) is 49.5 Å². The summed E-state index contributed by atoms with van der Waals surface area (Å²) in [4.78, 5) is 3.79. The molecular formula is C36H55F2N3. The summed E-state index contributed by atoms with van der Waals surface area (Å²) in [5, 5.41) is 6.65. The van der Waals surface area contributed by atoms with E-state index in [2.05, 4.69) is 92.4 Å². The smallest absolute Gasteiger partial charge is 0.287 e. The van der Waals surface area contributed by atoms with Gasteiger partial charge in [0.15, 0.2) is 0 Å². The van der Waals surface area contributed by atoms with E-state index in [0.29, 0.717) is 17.8 Å². The lowest BCUT2D eigenvalue weighted by molar-refractivity contribution is 0.102. The van der Waals surface area contributed by atoms with Crippen molar-refractivity contribution in [3.8, 4) is 12.3 Å². The molecule has 0 aromatic heterocycles. The average Bonchev–Trinajstić information content (AvgIpc) is 3.21. The highest BCUT2D eigenvalue weighted by atomic mass is 19.3. The summed E-state index contributed by atoms with van der Waals surface area (Å²) in [6.45, 7) is 32.4. The first kappa shape index (κ1) is 41.9. The van der Waals surface area contributed by atoms with Crippen LogP contribution in [0, 0.1) is 18.3 Å². The second-order valence-corrected chi connectivity index (χ2v) is 8.53. The number of rotatable bonds is 14. The molecule has 0 radical (unpaired) electrons. The van der Waals surface area contributed by atoms with E-state index in [1.54, 1.807) is 13.0 Å². The maximum absolute atomic E-state index is 13.5. The Hall–Kier alpha value is -3.61. The van der Waals surface area contributed by atoms with Gasteiger partial charge in [0.2, 0.25) is 0 Å². The Balaban J connectivity index is -0.00000189. The number of nitrogens with one attached hydrogen (secondary N) is 2. The van der Waals surface area contributed by atoms with Gasteiger partial charge in [-0.25, -0.2) is 0 Å². The van der Waals surface area contributed by atoms with Crippen molar-refractivity contribution in [3.63, 3.8) is 0 Å². The first-order valence-corrected chi connectivity index (χ1v) is 14.5. The van der Waals surface area contributed by atoms with Gasteiger partial charge in [0, 0.05) is 55.2 Å². The van der Waals surface area contributed by atoms with Crippen LogP contribution < -0.4 is 10.6 Å². The van der Waals surface area contributed by atoms with Gasteiger partial charge in [-0.1, -0.05) is 92.5 Å². The standard InChI is InChI=1S/C29H39F2N3.C3H4.2C2H6/c1-9-12-25(13-10-2)19-33-23(6)21(4)18-27(11-3)22(5)24(7)34-20-26-14-15-28(29(8,30)31)32-17-16-26;1-3-2;2*1-2/h9,12-13,15-18,21,33-34H,5-7,10-11,19-20H2,1-4,8H3;1H,2H3;2*1-2H3/b12-9-,25-13+,27-18+;;;. The van der Waals surface area contributed by atoms with Crippen molar-refractivity contribution in [2.75, 3.05) is 13.1 Å². The molecule has 0 saturated heterocycles. The van der Waals surface area contributed by atoms with Crippen LogP contribution in [0.5, 0.6) is 0 Å². The number of alkyl halides is 2. The van der Waals surface area contributed by atoms with Crippen LogP contribution in [0.25, 0.3) is 0 Å². The number of allylic oxidation sites excluding steroid dienone is 4. The van der Waals surface area contributed by atoms with Crippen LogP contribution >= 0.6 is 0 Å². The van der Waals surface area contributed by atoms with Crippen molar-refractivity contribution in [2.45, 2.75) is 88.0 Å². The van der Waals surface area contributed by atoms with Crippen molar-refractivity contribution >= 4 is 5.71 Å². The summed E-state index contributed by atoms with van der Waals surface area (Å²) < 4.78 is 26.9. The molecule has 1 aliphatic rings. The minimum Gasteiger partial charge on any atom is -0.384 e. The molecule has 3 nitrogen and oxygen atoms in total. The van der Waals surface area contributed by atoms with Gasteiger partial charge in [-0.3, -0.25) is 4.99 Å². The zero-order chi connectivity index (χ0) is 32.4. The highest BCUT2D eigenvalue weighted by Crippen LogP contribution is 2.22. The Morgan fingerprint density at radius 1 is 1.17 bits per heavy atom. The maximum atomic E-state index is 13.5. The summed E-state index contributed by atoms with van der Waals surface area (Å²) in [6.07, 6.45) is 19.1. The van der Waals surface area contributed by atoms with E-state index in [1.807, 2.05) is 40.7 Å². The van der Waals surface area contributed by atoms with E-state index < -0.39 is 5.92 Å². The third-order valence-electron chi connectivity index (χ3n) is 5.33. The summed E-state index contributed by atoms with van der Waals surface area (Å²) in [5.74, 6) is -0.649. The zero-order valence-electron chi connectivity index (χ0n) is 27.3. The van der Waals surface area contributed by atoms with E-state index in [1.165, 1.54) is 17.8 Å². The molecule has 0 fully saturated rings. The van der Waals surface area contributed by atoms with E-state index in [4.69, 9.17) is 0 Å². The Labute approximate surface area is 251 Å².